The van der Waals surface area contributed by atoms with Crippen LogP contribution in [0.5, 0.6) is 0 Å². The Morgan fingerprint density at radius 1 is 1.47 bits per heavy atom. The lowest BCUT2D eigenvalue weighted by molar-refractivity contribution is 0.0589. The molecule has 1 unspecified atom stereocenters. The molecule has 0 saturated carbocycles. The number of hydrogen-bond acceptors (Lipinski definition) is 3. The number of halogens is 2. The third kappa shape index (κ3) is 2.15. The molecule has 1 fully saturated rings. The lowest BCUT2D eigenvalue weighted by Gasteiger charge is -2.12. The van der Waals surface area contributed by atoms with Crippen molar-refractivity contribution < 1.29 is 18.3 Å². The normalized spacial score (nSPS) is 19.4. The molecular weight excluding hydrogens is 228 g/mol. The average Bonchev–Trinajstić information content (AvgIpc) is 2.82. The number of ether oxygens (including phenoxy) is 1. The second kappa shape index (κ2) is 4.79. The smallest absolute Gasteiger partial charge is 0.343 e. The van der Waals surface area contributed by atoms with Crippen LogP contribution in [0.3, 0.4) is 0 Å². The van der Waals surface area contributed by atoms with Crippen LogP contribution < -0.4 is 5.32 Å². The molecule has 1 aliphatic heterocycles. The highest BCUT2D eigenvalue weighted by Gasteiger charge is 2.26. The maximum absolute atomic E-state index is 14.1. The molecule has 0 radical (unpaired) electrons. The first-order valence-corrected chi connectivity index (χ1v) is 5.42. The molecule has 0 spiro atoms. The number of carbonyl (C=O) groups excluding carboxylic acids is 1. The van der Waals surface area contributed by atoms with Crippen molar-refractivity contribution in [3.8, 4) is 0 Å². The highest BCUT2D eigenvalue weighted by atomic mass is 19.1. The van der Waals surface area contributed by atoms with Crippen LogP contribution in [-0.2, 0) is 4.74 Å². The zero-order valence-electron chi connectivity index (χ0n) is 9.43. The molecule has 0 aromatic heterocycles. The van der Waals surface area contributed by atoms with E-state index in [0.717, 1.165) is 26.1 Å². The molecular formula is C12H13F2NO2. The van der Waals surface area contributed by atoms with Crippen LogP contribution in [0.4, 0.5) is 8.78 Å². The summed E-state index contributed by atoms with van der Waals surface area (Å²) < 4.78 is 31.8. The van der Waals surface area contributed by atoms with Crippen LogP contribution in [0.2, 0.25) is 0 Å². The molecule has 92 valence electrons. The van der Waals surface area contributed by atoms with Crippen LogP contribution >= 0.6 is 0 Å². The van der Waals surface area contributed by atoms with Crippen molar-refractivity contribution in [3.63, 3.8) is 0 Å². The van der Waals surface area contributed by atoms with E-state index in [0.29, 0.717) is 12.1 Å². The fourth-order valence-electron chi connectivity index (χ4n) is 2.09. The summed E-state index contributed by atoms with van der Waals surface area (Å²) in [6.45, 7) is 1.44. The highest BCUT2D eigenvalue weighted by molar-refractivity contribution is 5.90. The number of hydrogen-bond donors (Lipinski definition) is 1. The summed E-state index contributed by atoms with van der Waals surface area (Å²) in [4.78, 5) is 11.3. The lowest BCUT2D eigenvalue weighted by Crippen LogP contribution is -2.13. The van der Waals surface area contributed by atoms with Gasteiger partial charge in [-0.1, -0.05) is 6.07 Å². The minimum atomic E-state index is -0.979. The van der Waals surface area contributed by atoms with Crippen molar-refractivity contribution in [1.29, 1.82) is 0 Å². The van der Waals surface area contributed by atoms with Gasteiger partial charge in [-0.15, -0.1) is 0 Å². The molecule has 0 amide bonds. The second-order valence-corrected chi connectivity index (χ2v) is 4.01. The van der Waals surface area contributed by atoms with E-state index in [2.05, 4.69) is 10.1 Å². The van der Waals surface area contributed by atoms with Gasteiger partial charge in [0.2, 0.25) is 0 Å². The van der Waals surface area contributed by atoms with E-state index in [1.807, 2.05) is 0 Å². The SMILES string of the molecule is COC(=O)c1c(F)ccc(C2CCNC2)c1F. The van der Waals surface area contributed by atoms with Gasteiger partial charge in [0.25, 0.3) is 0 Å². The molecule has 0 aliphatic carbocycles. The van der Waals surface area contributed by atoms with Crippen LogP contribution in [0, 0.1) is 11.6 Å². The maximum atomic E-state index is 14.1. The van der Waals surface area contributed by atoms with Crippen molar-refractivity contribution in [1.82, 2.24) is 5.32 Å². The van der Waals surface area contributed by atoms with Crippen LogP contribution in [-0.4, -0.2) is 26.2 Å². The van der Waals surface area contributed by atoms with Crippen LogP contribution in [0.15, 0.2) is 12.1 Å². The summed E-state index contributed by atoms with van der Waals surface area (Å²) in [7, 11) is 1.10. The predicted molar refractivity (Wildman–Crippen MR) is 57.9 cm³/mol. The van der Waals surface area contributed by atoms with E-state index in [1.165, 1.54) is 6.07 Å². The van der Waals surface area contributed by atoms with Crippen molar-refractivity contribution >= 4 is 5.97 Å². The average molecular weight is 241 g/mol. The Morgan fingerprint density at radius 2 is 2.24 bits per heavy atom. The summed E-state index contributed by atoms with van der Waals surface area (Å²) >= 11 is 0. The summed E-state index contributed by atoms with van der Waals surface area (Å²) in [6.07, 6.45) is 0.781. The minimum Gasteiger partial charge on any atom is -0.465 e. The van der Waals surface area contributed by atoms with Crippen molar-refractivity contribution in [2.45, 2.75) is 12.3 Å². The first-order valence-electron chi connectivity index (χ1n) is 5.42. The Bertz CT molecular complexity index is 442. The van der Waals surface area contributed by atoms with E-state index < -0.39 is 23.2 Å². The van der Waals surface area contributed by atoms with E-state index in [1.54, 1.807) is 0 Å². The summed E-state index contributed by atoms with van der Waals surface area (Å²) in [5, 5.41) is 3.10. The van der Waals surface area contributed by atoms with Crippen molar-refractivity contribution in [2.75, 3.05) is 20.2 Å². The first kappa shape index (κ1) is 12.0. The molecule has 1 heterocycles. The number of nitrogens with one attached hydrogen (secondary N) is 1. The largest absolute Gasteiger partial charge is 0.465 e. The van der Waals surface area contributed by atoms with E-state index in [-0.39, 0.29) is 5.92 Å². The van der Waals surface area contributed by atoms with Gasteiger partial charge in [0.1, 0.15) is 17.2 Å². The van der Waals surface area contributed by atoms with Gasteiger partial charge in [-0.25, -0.2) is 13.6 Å². The monoisotopic (exact) mass is 241 g/mol. The van der Waals surface area contributed by atoms with Crippen LogP contribution in [0.1, 0.15) is 28.3 Å². The molecule has 0 bridgehead atoms. The number of carbonyl (C=O) groups is 1. The second-order valence-electron chi connectivity index (χ2n) is 4.01. The summed E-state index contributed by atoms with van der Waals surface area (Å²) in [6, 6.07) is 2.51. The van der Waals surface area contributed by atoms with E-state index >= 15 is 0 Å². The molecule has 1 saturated heterocycles. The van der Waals surface area contributed by atoms with Crippen molar-refractivity contribution in [2.24, 2.45) is 0 Å². The molecule has 2 rings (SSSR count). The number of rotatable bonds is 2. The van der Waals surface area contributed by atoms with Gasteiger partial charge in [0, 0.05) is 12.5 Å². The molecule has 17 heavy (non-hydrogen) atoms. The number of benzene rings is 1. The Balaban J connectivity index is 2.45. The Hall–Kier alpha value is -1.49. The zero-order valence-corrected chi connectivity index (χ0v) is 9.43. The lowest BCUT2D eigenvalue weighted by atomic mass is 9.95. The Labute approximate surface area is 97.8 Å². The first-order chi connectivity index (χ1) is 8.15. The fourth-order valence-corrected chi connectivity index (χ4v) is 2.09. The standard InChI is InChI=1S/C12H13F2NO2/c1-17-12(16)10-9(13)3-2-8(11(10)14)7-4-5-15-6-7/h2-3,7,15H,4-6H2,1H3. The molecule has 1 atom stereocenters. The van der Waals surface area contributed by atoms with Crippen LogP contribution in [0.25, 0.3) is 0 Å². The quantitative estimate of drug-likeness (QED) is 0.803. The highest BCUT2D eigenvalue weighted by Crippen LogP contribution is 2.28. The predicted octanol–water partition coefficient (Wildman–Crippen LogP) is 1.83. The molecule has 1 aliphatic rings. The van der Waals surface area contributed by atoms with Gasteiger partial charge < -0.3 is 10.1 Å². The van der Waals surface area contributed by atoms with Gasteiger partial charge in [-0.3, -0.25) is 0 Å². The van der Waals surface area contributed by atoms with Gasteiger partial charge in [-0.05, 0) is 24.6 Å². The van der Waals surface area contributed by atoms with E-state index in [9.17, 15) is 13.6 Å². The fraction of sp³-hybridized carbons (Fsp3) is 0.417. The Kier molecular flexibility index (Phi) is 3.38. The topological polar surface area (TPSA) is 38.3 Å². The third-order valence-electron chi connectivity index (χ3n) is 3.01. The van der Waals surface area contributed by atoms with Crippen molar-refractivity contribution in [3.05, 3.63) is 34.9 Å². The minimum absolute atomic E-state index is 0.0148. The molecule has 1 aromatic rings. The number of esters is 1. The Morgan fingerprint density at radius 3 is 2.82 bits per heavy atom. The summed E-state index contributed by atoms with van der Waals surface area (Å²) in [5.41, 5.74) is -0.228. The van der Waals surface area contributed by atoms with Gasteiger partial charge in [0.15, 0.2) is 0 Å². The molecule has 3 nitrogen and oxygen atoms in total. The number of methoxy groups -OCH3 is 1. The molecule has 1 aromatic carbocycles. The molecule has 5 heteroatoms. The zero-order chi connectivity index (χ0) is 12.4. The van der Waals surface area contributed by atoms with Gasteiger partial charge in [-0.2, -0.15) is 0 Å². The summed E-state index contributed by atoms with van der Waals surface area (Å²) in [5.74, 6) is -2.68. The van der Waals surface area contributed by atoms with Gasteiger partial charge >= 0.3 is 5.97 Å². The third-order valence-corrected chi connectivity index (χ3v) is 3.01. The van der Waals surface area contributed by atoms with Gasteiger partial charge in [0.05, 0.1) is 7.11 Å². The molecule has 1 N–H and O–H groups in total. The maximum Gasteiger partial charge on any atom is 0.343 e. The van der Waals surface area contributed by atoms with E-state index in [4.69, 9.17) is 0 Å².